The van der Waals surface area contributed by atoms with Crippen molar-refractivity contribution in [1.82, 2.24) is 9.97 Å². The van der Waals surface area contributed by atoms with Crippen molar-refractivity contribution in [1.29, 1.82) is 0 Å². The summed E-state index contributed by atoms with van der Waals surface area (Å²) >= 11 is 1.66. The standard InChI is InChI=1S/C10H13N3O2S/c1-7-9(12-3-2-11-7)13-4-5-16-6-8(13)10(14)15/h2-3,8H,4-6H2,1H3,(H,14,15). The monoisotopic (exact) mass is 239 g/mol. The number of thioether (sulfide) groups is 1. The molecule has 0 saturated carbocycles. The summed E-state index contributed by atoms with van der Waals surface area (Å²) in [4.78, 5) is 21.4. The van der Waals surface area contributed by atoms with Gasteiger partial charge in [-0.3, -0.25) is 4.98 Å². The molecule has 0 spiro atoms. The first-order valence-electron chi connectivity index (χ1n) is 5.05. The molecule has 16 heavy (non-hydrogen) atoms. The molecule has 1 aliphatic rings. The third-order valence-electron chi connectivity index (χ3n) is 2.54. The van der Waals surface area contributed by atoms with Crippen LogP contribution in [0.15, 0.2) is 12.4 Å². The molecule has 5 nitrogen and oxygen atoms in total. The Balaban J connectivity index is 2.30. The van der Waals surface area contributed by atoms with Crippen LogP contribution in [0, 0.1) is 6.92 Å². The van der Waals surface area contributed by atoms with E-state index in [4.69, 9.17) is 5.11 Å². The first kappa shape index (κ1) is 11.2. The number of aromatic nitrogens is 2. The summed E-state index contributed by atoms with van der Waals surface area (Å²) in [5.74, 6) is 1.43. The van der Waals surface area contributed by atoms with Crippen LogP contribution < -0.4 is 4.90 Å². The summed E-state index contributed by atoms with van der Waals surface area (Å²) in [6.45, 7) is 2.56. The Bertz CT molecular complexity index is 399. The lowest BCUT2D eigenvalue weighted by Gasteiger charge is -2.33. The maximum atomic E-state index is 11.1. The normalized spacial score (nSPS) is 20.8. The summed E-state index contributed by atoms with van der Waals surface area (Å²) < 4.78 is 0. The smallest absolute Gasteiger partial charge is 0.327 e. The second-order valence-electron chi connectivity index (χ2n) is 3.59. The number of nitrogens with zero attached hydrogens (tertiary/aromatic N) is 3. The number of carboxylic acid groups (broad SMARTS) is 1. The van der Waals surface area contributed by atoms with Gasteiger partial charge in [-0.1, -0.05) is 0 Å². The highest BCUT2D eigenvalue weighted by atomic mass is 32.2. The SMILES string of the molecule is Cc1nccnc1N1CCSCC1C(=O)O. The van der Waals surface area contributed by atoms with Crippen LogP contribution in [-0.4, -0.2) is 45.1 Å². The molecule has 1 atom stereocenters. The van der Waals surface area contributed by atoms with E-state index in [1.54, 1.807) is 24.2 Å². The molecular weight excluding hydrogens is 226 g/mol. The number of aliphatic carboxylic acids is 1. The van der Waals surface area contributed by atoms with Crippen molar-refractivity contribution in [2.45, 2.75) is 13.0 Å². The van der Waals surface area contributed by atoms with Crippen LogP contribution in [0.3, 0.4) is 0 Å². The van der Waals surface area contributed by atoms with Crippen LogP contribution in [0.1, 0.15) is 5.69 Å². The molecule has 1 saturated heterocycles. The maximum absolute atomic E-state index is 11.1. The van der Waals surface area contributed by atoms with E-state index in [2.05, 4.69) is 9.97 Å². The Kier molecular flexibility index (Phi) is 3.28. The molecule has 1 unspecified atom stereocenters. The second kappa shape index (κ2) is 4.69. The Labute approximate surface area is 97.9 Å². The van der Waals surface area contributed by atoms with Crippen molar-refractivity contribution >= 4 is 23.5 Å². The molecule has 1 aromatic heterocycles. The van der Waals surface area contributed by atoms with Gasteiger partial charge in [-0.05, 0) is 6.92 Å². The Hall–Kier alpha value is -1.30. The van der Waals surface area contributed by atoms with Gasteiger partial charge in [0.1, 0.15) is 6.04 Å². The third-order valence-corrected chi connectivity index (χ3v) is 3.56. The Morgan fingerprint density at radius 3 is 3.00 bits per heavy atom. The number of carboxylic acids is 1. The largest absolute Gasteiger partial charge is 0.480 e. The fraction of sp³-hybridized carbons (Fsp3) is 0.500. The van der Waals surface area contributed by atoms with Crippen molar-refractivity contribution in [2.75, 3.05) is 23.0 Å². The van der Waals surface area contributed by atoms with Gasteiger partial charge in [0.15, 0.2) is 5.82 Å². The molecule has 2 heterocycles. The molecule has 0 radical (unpaired) electrons. The van der Waals surface area contributed by atoms with Crippen LogP contribution in [-0.2, 0) is 4.79 Å². The van der Waals surface area contributed by atoms with E-state index in [0.717, 1.165) is 11.4 Å². The van der Waals surface area contributed by atoms with Crippen molar-refractivity contribution in [2.24, 2.45) is 0 Å². The van der Waals surface area contributed by atoms with Crippen LogP contribution in [0.2, 0.25) is 0 Å². The highest BCUT2D eigenvalue weighted by Crippen LogP contribution is 2.23. The van der Waals surface area contributed by atoms with Gasteiger partial charge in [-0.25, -0.2) is 9.78 Å². The predicted molar refractivity (Wildman–Crippen MR) is 62.9 cm³/mol. The quantitative estimate of drug-likeness (QED) is 0.823. The summed E-state index contributed by atoms with van der Waals surface area (Å²) in [7, 11) is 0. The number of aryl methyl sites for hydroxylation is 1. The van der Waals surface area contributed by atoms with Gasteiger partial charge in [0.05, 0.1) is 5.69 Å². The van der Waals surface area contributed by atoms with E-state index >= 15 is 0 Å². The molecule has 2 rings (SSSR count). The number of anilines is 1. The van der Waals surface area contributed by atoms with Gasteiger partial charge in [0.2, 0.25) is 0 Å². The molecule has 6 heteroatoms. The van der Waals surface area contributed by atoms with E-state index in [-0.39, 0.29) is 0 Å². The molecule has 1 fully saturated rings. The first-order valence-corrected chi connectivity index (χ1v) is 6.20. The van der Waals surface area contributed by atoms with Gasteiger partial charge < -0.3 is 10.0 Å². The van der Waals surface area contributed by atoms with Crippen molar-refractivity contribution in [3.8, 4) is 0 Å². The van der Waals surface area contributed by atoms with Gasteiger partial charge in [0, 0.05) is 30.4 Å². The average molecular weight is 239 g/mol. The number of hydrogen-bond acceptors (Lipinski definition) is 5. The van der Waals surface area contributed by atoms with Crippen molar-refractivity contribution in [3.63, 3.8) is 0 Å². The second-order valence-corrected chi connectivity index (χ2v) is 4.74. The van der Waals surface area contributed by atoms with Crippen LogP contribution in [0.25, 0.3) is 0 Å². The number of carbonyl (C=O) groups is 1. The highest BCUT2D eigenvalue weighted by molar-refractivity contribution is 7.99. The lowest BCUT2D eigenvalue weighted by atomic mass is 10.2. The fourth-order valence-corrected chi connectivity index (χ4v) is 2.78. The number of rotatable bonds is 2. The maximum Gasteiger partial charge on any atom is 0.327 e. The molecular formula is C10H13N3O2S. The first-order chi connectivity index (χ1) is 7.70. The van der Waals surface area contributed by atoms with Crippen LogP contribution >= 0.6 is 11.8 Å². The zero-order chi connectivity index (χ0) is 11.5. The highest BCUT2D eigenvalue weighted by Gasteiger charge is 2.30. The molecule has 1 N–H and O–H groups in total. The fourth-order valence-electron chi connectivity index (χ4n) is 1.74. The zero-order valence-electron chi connectivity index (χ0n) is 8.96. The summed E-state index contributed by atoms with van der Waals surface area (Å²) in [6, 6.07) is -0.492. The molecule has 0 bridgehead atoms. The molecule has 1 aromatic rings. The van der Waals surface area contributed by atoms with Gasteiger partial charge in [-0.2, -0.15) is 11.8 Å². The molecule has 0 aromatic carbocycles. The van der Waals surface area contributed by atoms with Crippen molar-refractivity contribution < 1.29 is 9.90 Å². The summed E-state index contributed by atoms with van der Waals surface area (Å²) in [5, 5.41) is 9.16. The lowest BCUT2D eigenvalue weighted by Crippen LogP contribution is -2.48. The minimum Gasteiger partial charge on any atom is -0.480 e. The van der Waals surface area contributed by atoms with E-state index in [1.807, 2.05) is 11.8 Å². The summed E-state index contributed by atoms with van der Waals surface area (Å²) in [6.07, 6.45) is 3.22. The molecule has 0 amide bonds. The Morgan fingerprint density at radius 2 is 2.31 bits per heavy atom. The molecule has 1 aliphatic heterocycles. The topological polar surface area (TPSA) is 66.3 Å². The van der Waals surface area contributed by atoms with Crippen LogP contribution in [0.5, 0.6) is 0 Å². The van der Waals surface area contributed by atoms with E-state index in [1.165, 1.54) is 0 Å². The Morgan fingerprint density at radius 1 is 1.56 bits per heavy atom. The summed E-state index contributed by atoms with van der Waals surface area (Å²) in [5.41, 5.74) is 0.778. The van der Waals surface area contributed by atoms with Crippen molar-refractivity contribution in [3.05, 3.63) is 18.1 Å². The van der Waals surface area contributed by atoms with E-state index in [0.29, 0.717) is 18.1 Å². The minimum absolute atomic E-state index is 0.492. The van der Waals surface area contributed by atoms with E-state index < -0.39 is 12.0 Å². The molecule has 0 aliphatic carbocycles. The van der Waals surface area contributed by atoms with E-state index in [9.17, 15) is 4.79 Å². The minimum atomic E-state index is -0.794. The van der Waals surface area contributed by atoms with Crippen LogP contribution in [0.4, 0.5) is 5.82 Å². The van der Waals surface area contributed by atoms with Gasteiger partial charge in [0.25, 0.3) is 0 Å². The molecule has 86 valence electrons. The third kappa shape index (κ3) is 2.11. The number of hydrogen-bond donors (Lipinski definition) is 1. The lowest BCUT2D eigenvalue weighted by molar-refractivity contribution is -0.138. The zero-order valence-corrected chi connectivity index (χ0v) is 9.78. The average Bonchev–Trinajstić information content (AvgIpc) is 2.29. The van der Waals surface area contributed by atoms with Gasteiger partial charge >= 0.3 is 5.97 Å². The van der Waals surface area contributed by atoms with Gasteiger partial charge in [-0.15, -0.1) is 0 Å². The predicted octanol–water partition coefficient (Wildman–Crippen LogP) is 0.791.